The Labute approximate surface area is 104 Å². The minimum absolute atomic E-state index is 0.0182. The fourth-order valence-electron chi connectivity index (χ4n) is 2.07. The van der Waals surface area contributed by atoms with Crippen LogP contribution in [0, 0.1) is 18.6 Å². The predicted octanol–water partition coefficient (Wildman–Crippen LogP) is 2.21. The quantitative estimate of drug-likeness (QED) is 0.909. The Kier molecular flexibility index (Phi) is 3.43. The number of aliphatic hydroxyl groups excluding tert-OH is 1. The van der Waals surface area contributed by atoms with Gasteiger partial charge < -0.3 is 9.67 Å². The van der Waals surface area contributed by atoms with Crippen molar-refractivity contribution in [2.45, 2.75) is 13.3 Å². The summed E-state index contributed by atoms with van der Waals surface area (Å²) in [6.07, 6.45) is 0.403. The van der Waals surface area contributed by atoms with Crippen LogP contribution >= 0.6 is 0 Å². The summed E-state index contributed by atoms with van der Waals surface area (Å²) >= 11 is 0. The third kappa shape index (κ3) is 2.13. The minimum Gasteiger partial charge on any atom is -0.396 e. The number of benzene rings is 1. The van der Waals surface area contributed by atoms with Gasteiger partial charge in [0, 0.05) is 25.1 Å². The van der Waals surface area contributed by atoms with E-state index in [1.165, 1.54) is 12.1 Å². The summed E-state index contributed by atoms with van der Waals surface area (Å²) in [5.74, 6) is -0.544. The zero-order valence-electron chi connectivity index (χ0n) is 10.2. The van der Waals surface area contributed by atoms with Gasteiger partial charge in [-0.3, -0.25) is 0 Å². The van der Waals surface area contributed by atoms with E-state index < -0.39 is 11.6 Å². The molecule has 2 aromatic rings. The van der Waals surface area contributed by atoms with Crippen LogP contribution in [0.25, 0.3) is 11.3 Å². The molecule has 0 bridgehead atoms. The molecule has 0 unspecified atom stereocenters. The summed E-state index contributed by atoms with van der Waals surface area (Å²) in [4.78, 5) is 4.28. The normalized spacial score (nSPS) is 10.9. The third-order valence-electron chi connectivity index (χ3n) is 2.88. The summed E-state index contributed by atoms with van der Waals surface area (Å²) in [6, 6.07) is 3.47. The fraction of sp³-hybridized carbons (Fsp3) is 0.308. The summed E-state index contributed by atoms with van der Waals surface area (Å²) in [5, 5.41) is 8.93. The van der Waals surface area contributed by atoms with Gasteiger partial charge in [-0.15, -0.1) is 0 Å². The van der Waals surface area contributed by atoms with Crippen LogP contribution in [0.5, 0.6) is 0 Å². The van der Waals surface area contributed by atoms with E-state index in [1.54, 1.807) is 18.5 Å². The van der Waals surface area contributed by atoms with Crippen molar-refractivity contribution in [1.29, 1.82) is 0 Å². The molecule has 2 rings (SSSR count). The number of aliphatic hydroxyl groups is 1. The Balaban J connectivity index is 2.56. The van der Waals surface area contributed by atoms with E-state index in [-0.39, 0.29) is 6.61 Å². The lowest BCUT2D eigenvalue weighted by molar-refractivity contribution is 0.295. The second-order valence-corrected chi connectivity index (χ2v) is 4.12. The van der Waals surface area contributed by atoms with Crippen LogP contribution in [0.1, 0.15) is 11.5 Å². The number of imidazole rings is 1. The Bertz CT molecular complexity index is 579. The van der Waals surface area contributed by atoms with Gasteiger partial charge in [-0.25, -0.2) is 13.8 Å². The molecule has 96 valence electrons. The first-order valence-corrected chi connectivity index (χ1v) is 5.63. The minimum atomic E-state index is -0.614. The molecule has 0 aliphatic carbocycles. The van der Waals surface area contributed by atoms with E-state index in [1.807, 2.05) is 0 Å². The van der Waals surface area contributed by atoms with Crippen molar-refractivity contribution in [3.8, 4) is 11.3 Å². The lowest BCUT2D eigenvalue weighted by Gasteiger charge is -2.07. The van der Waals surface area contributed by atoms with Gasteiger partial charge in [0.05, 0.1) is 18.0 Å². The van der Waals surface area contributed by atoms with E-state index in [9.17, 15) is 8.78 Å². The second-order valence-electron chi connectivity index (χ2n) is 4.12. The van der Waals surface area contributed by atoms with Crippen LogP contribution in [0.15, 0.2) is 18.2 Å². The predicted molar refractivity (Wildman–Crippen MR) is 64.1 cm³/mol. The Morgan fingerprint density at radius 2 is 2.06 bits per heavy atom. The lowest BCUT2D eigenvalue weighted by atomic mass is 10.1. The molecule has 0 aliphatic rings. The van der Waals surface area contributed by atoms with Gasteiger partial charge in [0.15, 0.2) is 0 Å². The Morgan fingerprint density at radius 3 is 2.67 bits per heavy atom. The number of hydrogen-bond donors (Lipinski definition) is 1. The highest BCUT2D eigenvalue weighted by atomic mass is 19.1. The third-order valence-corrected chi connectivity index (χ3v) is 2.88. The van der Waals surface area contributed by atoms with Crippen molar-refractivity contribution >= 4 is 0 Å². The molecule has 0 radical (unpaired) electrons. The standard InChI is InChI=1S/C13H14F2N2O/c1-8-13(17(2)12(16-8)5-6-18)10-4-3-9(14)7-11(10)15/h3-4,7,18H,5-6H2,1-2H3. The lowest BCUT2D eigenvalue weighted by Crippen LogP contribution is -2.02. The first-order valence-electron chi connectivity index (χ1n) is 5.63. The van der Waals surface area contributed by atoms with Crippen molar-refractivity contribution in [2.24, 2.45) is 7.05 Å². The van der Waals surface area contributed by atoms with Crippen LogP contribution in [0.3, 0.4) is 0 Å². The van der Waals surface area contributed by atoms with Crippen LogP contribution < -0.4 is 0 Å². The molecule has 3 nitrogen and oxygen atoms in total. The van der Waals surface area contributed by atoms with Crippen molar-refractivity contribution < 1.29 is 13.9 Å². The SMILES string of the molecule is Cc1nc(CCO)n(C)c1-c1ccc(F)cc1F. The number of aryl methyl sites for hydroxylation is 1. The largest absolute Gasteiger partial charge is 0.396 e. The average Bonchev–Trinajstić information content (AvgIpc) is 2.56. The van der Waals surface area contributed by atoms with Gasteiger partial charge in [0.2, 0.25) is 0 Å². The molecule has 0 amide bonds. The Morgan fingerprint density at radius 1 is 1.33 bits per heavy atom. The molecule has 1 aromatic heterocycles. The smallest absolute Gasteiger partial charge is 0.135 e. The van der Waals surface area contributed by atoms with Gasteiger partial charge >= 0.3 is 0 Å². The fourth-order valence-corrected chi connectivity index (χ4v) is 2.07. The maximum Gasteiger partial charge on any atom is 0.135 e. The molecule has 0 fully saturated rings. The second kappa shape index (κ2) is 4.86. The summed E-state index contributed by atoms with van der Waals surface area (Å²) in [6.45, 7) is 1.74. The molecular formula is C13H14F2N2O. The maximum absolute atomic E-state index is 13.8. The van der Waals surface area contributed by atoms with Crippen LogP contribution in [-0.4, -0.2) is 21.3 Å². The molecular weight excluding hydrogens is 238 g/mol. The summed E-state index contributed by atoms with van der Waals surface area (Å²) < 4.78 is 28.4. The molecule has 0 saturated carbocycles. The molecule has 0 aliphatic heterocycles. The molecule has 1 heterocycles. The zero-order valence-corrected chi connectivity index (χ0v) is 10.2. The molecule has 0 saturated heterocycles. The molecule has 18 heavy (non-hydrogen) atoms. The van der Waals surface area contributed by atoms with Gasteiger partial charge in [-0.05, 0) is 19.1 Å². The summed E-state index contributed by atoms with van der Waals surface area (Å²) in [5.41, 5.74) is 1.58. The maximum atomic E-state index is 13.8. The van der Waals surface area contributed by atoms with Gasteiger partial charge in [-0.1, -0.05) is 0 Å². The van der Waals surface area contributed by atoms with Gasteiger partial charge in [-0.2, -0.15) is 0 Å². The number of rotatable bonds is 3. The Hall–Kier alpha value is -1.75. The summed E-state index contributed by atoms with van der Waals surface area (Å²) in [7, 11) is 1.75. The van der Waals surface area contributed by atoms with Crippen LogP contribution in [-0.2, 0) is 13.5 Å². The highest BCUT2D eigenvalue weighted by molar-refractivity contribution is 5.63. The van der Waals surface area contributed by atoms with Crippen molar-refractivity contribution in [2.75, 3.05) is 6.61 Å². The number of hydrogen-bond acceptors (Lipinski definition) is 2. The van der Waals surface area contributed by atoms with Crippen molar-refractivity contribution in [3.05, 3.63) is 41.4 Å². The topological polar surface area (TPSA) is 38.1 Å². The van der Waals surface area contributed by atoms with Crippen LogP contribution in [0.2, 0.25) is 0 Å². The molecule has 0 atom stereocenters. The highest BCUT2D eigenvalue weighted by Gasteiger charge is 2.16. The molecule has 1 N–H and O–H groups in total. The average molecular weight is 252 g/mol. The van der Waals surface area contributed by atoms with Crippen LogP contribution in [0.4, 0.5) is 8.78 Å². The van der Waals surface area contributed by atoms with E-state index >= 15 is 0 Å². The van der Waals surface area contributed by atoms with Crippen molar-refractivity contribution in [3.63, 3.8) is 0 Å². The first-order chi connectivity index (χ1) is 8.54. The number of nitrogens with zero attached hydrogens (tertiary/aromatic N) is 2. The zero-order chi connectivity index (χ0) is 13.3. The highest BCUT2D eigenvalue weighted by Crippen LogP contribution is 2.27. The van der Waals surface area contributed by atoms with E-state index in [0.29, 0.717) is 29.2 Å². The number of halogens is 2. The molecule has 1 aromatic carbocycles. The van der Waals surface area contributed by atoms with Gasteiger partial charge in [0.1, 0.15) is 17.5 Å². The molecule has 0 spiro atoms. The van der Waals surface area contributed by atoms with Gasteiger partial charge in [0.25, 0.3) is 0 Å². The van der Waals surface area contributed by atoms with E-state index in [4.69, 9.17) is 5.11 Å². The monoisotopic (exact) mass is 252 g/mol. The van der Waals surface area contributed by atoms with Crippen molar-refractivity contribution in [1.82, 2.24) is 9.55 Å². The van der Waals surface area contributed by atoms with E-state index in [0.717, 1.165) is 6.07 Å². The molecule has 5 heteroatoms. The first kappa shape index (κ1) is 12.7. The number of aromatic nitrogens is 2. The van der Waals surface area contributed by atoms with E-state index in [2.05, 4.69) is 4.98 Å².